The Morgan fingerprint density at radius 2 is 1.88 bits per heavy atom. The molecule has 1 aliphatic carbocycles. The predicted octanol–water partition coefficient (Wildman–Crippen LogP) is 3.40. The lowest BCUT2D eigenvalue weighted by molar-refractivity contribution is 0.0693. The molecule has 136 valence electrons. The fourth-order valence-electron chi connectivity index (χ4n) is 4.04. The van der Waals surface area contributed by atoms with E-state index in [4.69, 9.17) is 0 Å². The highest BCUT2D eigenvalue weighted by atomic mass is 16.4. The monoisotopic (exact) mass is 354 g/mol. The van der Waals surface area contributed by atoms with Crippen LogP contribution in [0.1, 0.15) is 68.2 Å². The molecule has 1 aromatic carbocycles. The molecule has 0 radical (unpaired) electrons. The summed E-state index contributed by atoms with van der Waals surface area (Å²) in [4.78, 5) is 32.2. The number of aryl methyl sites for hydroxylation is 1. The Hall–Kier alpha value is -2.76. The Morgan fingerprint density at radius 1 is 1.15 bits per heavy atom. The number of rotatable bonds is 4. The molecule has 0 saturated carbocycles. The Balaban J connectivity index is 2.14. The molecule has 1 aliphatic rings. The predicted molar refractivity (Wildman–Crippen MR) is 95.8 cm³/mol. The molecule has 0 amide bonds. The van der Waals surface area contributed by atoms with Crippen LogP contribution in [0.5, 0.6) is 0 Å². The zero-order valence-electron chi connectivity index (χ0n) is 15.1. The number of carbonyl (C=O) groups is 2. The van der Waals surface area contributed by atoms with Crippen LogP contribution in [0.15, 0.2) is 18.3 Å². The van der Waals surface area contributed by atoms with Crippen LogP contribution in [0.25, 0.3) is 0 Å². The van der Waals surface area contributed by atoms with Crippen LogP contribution in [-0.4, -0.2) is 32.1 Å². The van der Waals surface area contributed by atoms with E-state index in [1.165, 1.54) is 6.07 Å². The third-order valence-electron chi connectivity index (χ3n) is 5.40. The Morgan fingerprint density at radius 3 is 2.50 bits per heavy atom. The van der Waals surface area contributed by atoms with E-state index >= 15 is 0 Å². The van der Waals surface area contributed by atoms with Gasteiger partial charge in [0.2, 0.25) is 0 Å². The van der Waals surface area contributed by atoms with Crippen LogP contribution in [0.2, 0.25) is 0 Å². The maximum Gasteiger partial charge on any atom is 0.336 e. The third kappa shape index (κ3) is 3.07. The average molecular weight is 354 g/mol. The minimum Gasteiger partial charge on any atom is -0.478 e. The summed E-state index contributed by atoms with van der Waals surface area (Å²) < 4.78 is 0. The molecule has 1 aromatic heterocycles. The van der Waals surface area contributed by atoms with Crippen LogP contribution < -0.4 is 0 Å². The van der Waals surface area contributed by atoms with E-state index in [-0.39, 0.29) is 23.0 Å². The fourth-order valence-corrected chi connectivity index (χ4v) is 4.04. The Kier molecular flexibility index (Phi) is 4.76. The van der Waals surface area contributed by atoms with Crippen molar-refractivity contribution in [1.82, 2.24) is 9.97 Å². The molecule has 3 rings (SSSR count). The SMILES string of the molecule is CCC1Cc2cnc(C)nc2CC1c1ccc(C(=O)O)c(C)c1C(=O)O. The largest absolute Gasteiger partial charge is 0.478 e. The lowest BCUT2D eigenvalue weighted by Gasteiger charge is -2.33. The molecule has 26 heavy (non-hydrogen) atoms. The molecule has 0 bridgehead atoms. The summed E-state index contributed by atoms with van der Waals surface area (Å²) in [6, 6.07) is 3.19. The van der Waals surface area contributed by atoms with Crippen molar-refractivity contribution < 1.29 is 19.8 Å². The quantitative estimate of drug-likeness (QED) is 0.873. The number of carboxylic acid groups (broad SMARTS) is 2. The lowest BCUT2D eigenvalue weighted by atomic mass is 9.71. The highest BCUT2D eigenvalue weighted by Gasteiger charge is 2.33. The van der Waals surface area contributed by atoms with Gasteiger partial charge in [-0.3, -0.25) is 0 Å². The van der Waals surface area contributed by atoms with E-state index in [0.29, 0.717) is 23.4 Å². The first-order chi connectivity index (χ1) is 12.3. The van der Waals surface area contributed by atoms with Gasteiger partial charge >= 0.3 is 11.9 Å². The highest BCUT2D eigenvalue weighted by Crippen LogP contribution is 2.40. The van der Waals surface area contributed by atoms with Crippen LogP contribution in [0.4, 0.5) is 0 Å². The smallest absolute Gasteiger partial charge is 0.336 e. The first kappa shape index (κ1) is 18.0. The molecule has 2 N–H and O–H groups in total. The summed E-state index contributed by atoms with van der Waals surface area (Å²) in [5, 5.41) is 19.1. The van der Waals surface area contributed by atoms with Gasteiger partial charge in [-0.15, -0.1) is 0 Å². The van der Waals surface area contributed by atoms with Crippen LogP contribution in [0.3, 0.4) is 0 Å². The fraction of sp³-hybridized carbons (Fsp3) is 0.400. The Bertz CT molecular complexity index is 892. The maximum atomic E-state index is 11.9. The molecule has 6 nitrogen and oxygen atoms in total. The minimum atomic E-state index is -1.11. The molecular weight excluding hydrogens is 332 g/mol. The van der Waals surface area contributed by atoms with Crippen molar-refractivity contribution in [2.24, 2.45) is 5.92 Å². The number of benzene rings is 1. The second-order valence-electron chi connectivity index (χ2n) is 6.88. The first-order valence-corrected chi connectivity index (χ1v) is 8.74. The zero-order valence-corrected chi connectivity index (χ0v) is 15.1. The van der Waals surface area contributed by atoms with Gasteiger partial charge in [0, 0.05) is 11.9 Å². The average Bonchev–Trinajstić information content (AvgIpc) is 2.59. The second kappa shape index (κ2) is 6.86. The molecule has 2 aromatic rings. The molecule has 0 aliphatic heterocycles. The van der Waals surface area contributed by atoms with Crippen LogP contribution in [0, 0.1) is 19.8 Å². The van der Waals surface area contributed by atoms with Crippen molar-refractivity contribution >= 4 is 11.9 Å². The minimum absolute atomic E-state index is 0.00514. The normalized spacial score (nSPS) is 19.0. The molecule has 2 unspecified atom stereocenters. The molecular formula is C20H22N2O4. The van der Waals surface area contributed by atoms with Gasteiger partial charge in [0.1, 0.15) is 5.82 Å². The zero-order chi connectivity index (χ0) is 19.0. The molecule has 1 heterocycles. The van der Waals surface area contributed by atoms with Gasteiger partial charge in [-0.25, -0.2) is 19.6 Å². The number of nitrogens with zero attached hydrogens (tertiary/aromatic N) is 2. The topological polar surface area (TPSA) is 100 Å². The third-order valence-corrected chi connectivity index (χ3v) is 5.40. The number of hydrogen-bond acceptors (Lipinski definition) is 4. The van der Waals surface area contributed by atoms with Gasteiger partial charge in [0.15, 0.2) is 0 Å². The standard InChI is InChI=1S/C20H22N2O4/c1-4-12-7-13-9-21-11(3)22-17(13)8-16(12)15-6-5-14(19(23)24)10(2)18(15)20(25)26/h5-6,9,12,16H,4,7-8H2,1-3H3,(H,23,24)(H,25,26). The summed E-state index contributed by atoms with van der Waals surface area (Å²) in [6.45, 7) is 5.51. The summed E-state index contributed by atoms with van der Waals surface area (Å²) in [7, 11) is 0. The molecule has 2 atom stereocenters. The number of aromatic nitrogens is 2. The number of hydrogen-bond donors (Lipinski definition) is 2. The van der Waals surface area contributed by atoms with Crippen molar-refractivity contribution in [1.29, 1.82) is 0 Å². The lowest BCUT2D eigenvalue weighted by Crippen LogP contribution is -2.27. The van der Waals surface area contributed by atoms with Gasteiger partial charge in [-0.05, 0) is 61.3 Å². The van der Waals surface area contributed by atoms with E-state index in [2.05, 4.69) is 16.9 Å². The van der Waals surface area contributed by atoms with E-state index in [1.807, 2.05) is 13.1 Å². The van der Waals surface area contributed by atoms with Crippen LogP contribution in [-0.2, 0) is 12.8 Å². The number of fused-ring (bicyclic) bond motifs is 1. The van der Waals surface area contributed by atoms with E-state index < -0.39 is 11.9 Å². The van der Waals surface area contributed by atoms with Gasteiger partial charge in [-0.1, -0.05) is 19.4 Å². The second-order valence-corrected chi connectivity index (χ2v) is 6.88. The number of carboxylic acids is 2. The summed E-state index contributed by atoms with van der Waals surface area (Å²) in [5.74, 6) is -1.23. The van der Waals surface area contributed by atoms with Gasteiger partial charge in [-0.2, -0.15) is 0 Å². The van der Waals surface area contributed by atoms with Crippen molar-refractivity contribution in [3.63, 3.8) is 0 Å². The molecule has 0 fully saturated rings. The van der Waals surface area contributed by atoms with E-state index in [0.717, 1.165) is 24.1 Å². The van der Waals surface area contributed by atoms with Crippen molar-refractivity contribution in [2.75, 3.05) is 0 Å². The summed E-state index contributed by atoms with van der Waals surface area (Å²) in [6.07, 6.45) is 4.21. The number of aromatic carboxylic acids is 2. The van der Waals surface area contributed by atoms with Crippen molar-refractivity contribution in [2.45, 2.75) is 46.0 Å². The first-order valence-electron chi connectivity index (χ1n) is 8.74. The van der Waals surface area contributed by atoms with Gasteiger partial charge in [0.05, 0.1) is 11.1 Å². The summed E-state index contributed by atoms with van der Waals surface area (Å²) >= 11 is 0. The van der Waals surface area contributed by atoms with Crippen molar-refractivity contribution in [3.05, 3.63) is 57.7 Å². The Labute approximate surface area is 151 Å². The van der Waals surface area contributed by atoms with Crippen LogP contribution >= 0.6 is 0 Å². The van der Waals surface area contributed by atoms with E-state index in [1.54, 1.807) is 13.0 Å². The van der Waals surface area contributed by atoms with Gasteiger partial charge < -0.3 is 10.2 Å². The molecule has 0 spiro atoms. The van der Waals surface area contributed by atoms with Crippen molar-refractivity contribution in [3.8, 4) is 0 Å². The highest BCUT2D eigenvalue weighted by molar-refractivity contribution is 5.97. The maximum absolute atomic E-state index is 11.9. The molecule has 0 saturated heterocycles. The van der Waals surface area contributed by atoms with Gasteiger partial charge in [0.25, 0.3) is 0 Å². The molecule has 6 heteroatoms. The van der Waals surface area contributed by atoms with E-state index in [9.17, 15) is 19.8 Å². The summed E-state index contributed by atoms with van der Waals surface area (Å²) in [5.41, 5.74) is 3.24.